The van der Waals surface area contributed by atoms with Crippen LogP contribution < -0.4 is 4.74 Å². The van der Waals surface area contributed by atoms with Gasteiger partial charge >= 0.3 is 0 Å². The highest BCUT2D eigenvalue weighted by Crippen LogP contribution is 2.47. The molecule has 0 fully saturated rings. The molecule has 1 aliphatic carbocycles. The van der Waals surface area contributed by atoms with Gasteiger partial charge in [0.05, 0.1) is 4.90 Å². The Balaban J connectivity index is 1.88. The van der Waals surface area contributed by atoms with Crippen LogP contribution in [0.25, 0.3) is 0 Å². The Bertz CT molecular complexity index is 968. The number of methoxy groups -OCH3 is 1. The number of sulfone groups is 1. The van der Waals surface area contributed by atoms with Crippen molar-refractivity contribution in [2.45, 2.75) is 43.6 Å². The van der Waals surface area contributed by atoms with Gasteiger partial charge < -0.3 is 19.7 Å². The maximum Gasteiger partial charge on any atom is 0.175 e. The van der Waals surface area contributed by atoms with E-state index in [1.165, 1.54) is 24.5 Å². The van der Waals surface area contributed by atoms with Crippen LogP contribution in [0.4, 0.5) is 0 Å². The molecule has 0 aromatic heterocycles. The molecule has 0 bridgehead atoms. The molecule has 164 valence electrons. The number of hydrogen-bond donors (Lipinski definition) is 2. The first-order valence-electron chi connectivity index (χ1n) is 10.2. The highest BCUT2D eigenvalue weighted by Gasteiger charge is 2.37. The summed E-state index contributed by atoms with van der Waals surface area (Å²) in [4.78, 5) is 0.235. The van der Waals surface area contributed by atoms with Gasteiger partial charge in [-0.25, -0.2) is 8.42 Å². The van der Waals surface area contributed by atoms with Gasteiger partial charge in [-0.1, -0.05) is 13.3 Å². The van der Waals surface area contributed by atoms with Crippen LogP contribution >= 0.6 is 0 Å². The number of rotatable bonds is 9. The zero-order valence-electron chi connectivity index (χ0n) is 17.7. The maximum atomic E-state index is 11.7. The molecule has 30 heavy (non-hydrogen) atoms. The second-order valence-electron chi connectivity index (χ2n) is 8.07. The van der Waals surface area contributed by atoms with Crippen molar-refractivity contribution in [3.05, 3.63) is 47.5 Å². The van der Waals surface area contributed by atoms with E-state index in [1.54, 1.807) is 25.3 Å². The van der Waals surface area contributed by atoms with E-state index in [1.807, 2.05) is 0 Å². The zero-order valence-corrected chi connectivity index (χ0v) is 18.5. The molecular formula is C23H30O6S. The van der Waals surface area contributed by atoms with Crippen molar-refractivity contribution >= 4 is 9.84 Å². The Kier molecular flexibility index (Phi) is 6.93. The third kappa shape index (κ3) is 5.08. The van der Waals surface area contributed by atoms with Crippen molar-refractivity contribution in [3.8, 4) is 17.2 Å². The fourth-order valence-corrected chi connectivity index (χ4v) is 4.87. The predicted octanol–water partition coefficient (Wildman–Crippen LogP) is 4.25. The standard InChI is InChI=1S/C23H30O6S/c1-4-15(9-10-28-2)11-16-12-20-21(13-17(24)14-22(20)25)23(16)29-18-5-7-19(8-6-18)30(3,26)27/h5-8,13-16,23-25H,4,9-12H2,1-3H3. The van der Waals surface area contributed by atoms with E-state index in [4.69, 9.17) is 9.47 Å². The largest absolute Gasteiger partial charge is 0.508 e. The Labute approximate surface area is 178 Å². The van der Waals surface area contributed by atoms with Crippen molar-refractivity contribution in [1.29, 1.82) is 0 Å². The molecule has 0 aliphatic heterocycles. The Morgan fingerprint density at radius 2 is 1.87 bits per heavy atom. The van der Waals surface area contributed by atoms with Crippen LogP contribution in [0.3, 0.4) is 0 Å². The molecule has 0 radical (unpaired) electrons. The van der Waals surface area contributed by atoms with Gasteiger partial charge in [-0.3, -0.25) is 0 Å². The van der Waals surface area contributed by atoms with E-state index in [2.05, 4.69) is 6.92 Å². The molecule has 0 spiro atoms. The van der Waals surface area contributed by atoms with Crippen molar-refractivity contribution < 1.29 is 28.1 Å². The lowest BCUT2D eigenvalue weighted by Gasteiger charge is -2.26. The molecule has 0 heterocycles. The topological polar surface area (TPSA) is 93.1 Å². The number of fused-ring (bicyclic) bond motifs is 1. The first-order chi connectivity index (χ1) is 14.2. The summed E-state index contributed by atoms with van der Waals surface area (Å²) in [5, 5.41) is 20.4. The molecule has 3 unspecified atom stereocenters. The van der Waals surface area contributed by atoms with Crippen molar-refractivity contribution in [2.24, 2.45) is 11.8 Å². The third-order valence-electron chi connectivity index (χ3n) is 5.91. The minimum atomic E-state index is -3.28. The Hall–Kier alpha value is -2.25. The summed E-state index contributed by atoms with van der Waals surface area (Å²) >= 11 is 0. The summed E-state index contributed by atoms with van der Waals surface area (Å²) in [7, 11) is -1.58. The summed E-state index contributed by atoms with van der Waals surface area (Å²) < 4.78 is 35.0. The molecule has 3 rings (SSSR count). The second-order valence-corrected chi connectivity index (χ2v) is 10.1. The average molecular weight is 435 g/mol. The molecule has 0 saturated heterocycles. The molecule has 2 N–H and O–H groups in total. The van der Waals surface area contributed by atoms with Crippen LogP contribution in [0.2, 0.25) is 0 Å². The Morgan fingerprint density at radius 3 is 2.47 bits per heavy atom. The minimum Gasteiger partial charge on any atom is -0.508 e. The van der Waals surface area contributed by atoms with Gasteiger partial charge in [-0.2, -0.15) is 0 Å². The summed E-state index contributed by atoms with van der Waals surface area (Å²) in [5.74, 6) is 1.22. The van der Waals surface area contributed by atoms with E-state index in [-0.39, 0.29) is 28.4 Å². The fraction of sp³-hybridized carbons (Fsp3) is 0.478. The SMILES string of the molecule is CCC(CCOC)CC1Cc2c(O)cc(O)cc2C1Oc1ccc(S(C)(=O)=O)cc1. The molecule has 1 aliphatic rings. The van der Waals surface area contributed by atoms with E-state index < -0.39 is 9.84 Å². The normalized spacial score (nSPS) is 19.4. The maximum absolute atomic E-state index is 11.7. The molecule has 6 nitrogen and oxygen atoms in total. The van der Waals surface area contributed by atoms with E-state index in [0.29, 0.717) is 24.7 Å². The third-order valence-corrected chi connectivity index (χ3v) is 7.03. The second kappa shape index (κ2) is 9.27. The van der Waals surface area contributed by atoms with Gasteiger partial charge in [0.1, 0.15) is 23.4 Å². The number of hydrogen-bond acceptors (Lipinski definition) is 6. The van der Waals surface area contributed by atoms with Crippen LogP contribution in [0, 0.1) is 11.8 Å². The monoisotopic (exact) mass is 434 g/mol. The van der Waals surface area contributed by atoms with Crippen molar-refractivity contribution in [3.63, 3.8) is 0 Å². The molecule has 7 heteroatoms. The van der Waals surface area contributed by atoms with Crippen molar-refractivity contribution in [1.82, 2.24) is 0 Å². The summed E-state index contributed by atoms with van der Waals surface area (Å²) in [5.41, 5.74) is 1.59. The van der Waals surface area contributed by atoms with Crippen LogP contribution in [-0.2, 0) is 21.0 Å². The van der Waals surface area contributed by atoms with Gasteiger partial charge in [-0.15, -0.1) is 0 Å². The molecule has 3 atom stereocenters. The van der Waals surface area contributed by atoms with E-state index >= 15 is 0 Å². The smallest absolute Gasteiger partial charge is 0.175 e. The lowest BCUT2D eigenvalue weighted by Crippen LogP contribution is -2.19. The predicted molar refractivity (Wildman–Crippen MR) is 115 cm³/mol. The first-order valence-corrected chi connectivity index (χ1v) is 12.1. The lowest BCUT2D eigenvalue weighted by molar-refractivity contribution is 0.117. The van der Waals surface area contributed by atoms with Gasteiger partial charge in [0.25, 0.3) is 0 Å². The van der Waals surface area contributed by atoms with Gasteiger partial charge in [0.2, 0.25) is 0 Å². The molecule has 0 amide bonds. The number of phenols is 2. The number of ether oxygens (including phenoxy) is 2. The van der Waals surface area contributed by atoms with Crippen LogP contribution in [0.15, 0.2) is 41.3 Å². The number of benzene rings is 2. The van der Waals surface area contributed by atoms with E-state index in [9.17, 15) is 18.6 Å². The number of aromatic hydroxyl groups is 2. The highest BCUT2D eigenvalue weighted by molar-refractivity contribution is 7.90. The fourth-order valence-electron chi connectivity index (χ4n) is 4.24. The molecule has 2 aromatic rings. The van der Waals surface area contributed by atoms with E-state index in [0.717, 1.165) is 30.4 Å². The van der Waals surface area contributed by atoms with Gasteiger partial charge in [-0.05, 0) is 55.5 Å². The number of phenolic OH excluding ortho intramolecular Hbond substituents is 2. The van der Waals surface area contributed by atoms with Gasteiger partial charge in [0.15, 0.2) is 9.84 Å². The van der Waals surface area contributed by atoms with Crippen molar-refractivity contribution in [2.75, 3.05) is 20.0 Å². The molecular weight excluding hydrogens is 404 g/mol. The van der Waals surface area contributed by atoms with Gasteiger partial charge in [0, 0.05) is 43.1 Å². The van der Waals surface area contributed by atoms with Crippen LogP contribution in [0.1, 0.15) is 43.4 Å². The molecule has 0 saturated carbocycles. The zero-order chi connectivity index (χ0) is 21.9. The summed E-state index contributed by atoms with van der Waals surface area (Å²) in [6, 6.07) is 9.38. The summed E-state index contributed by atoms with van der Waals surface area (Å²) in [6.07, 6.45) is 4.37. The van der Waals surface area contributed by atoms with Crippen LogP contribution in [0.5, 0.6) is 17.2 Å². The quantitative estimate of drug-likeness (QED) is 0.613. The average Bonchev–Trinajstić information content (AvgIpc) is 3.02. The lowest BCUT2D eigenvalue weighted by atomic mass is 9.87. The minimum absolute atomic E-state index is 0.000603. The molecule has 2 aromatic carbocycles. The summed E-state index contributed by atoms with van der Waals surface area (Å²) in [6.45, 7) is 2.86. The first kappa shape index (κ1) is 22.4. The van der Waals surface area contributed by atoms with Crippen LogP contribution in [-0.4, -0.2) is 38.6 Å². The Morgan fingerprint density at radius 1 is 1.17 bits per heavy atom. The highest BCUT2D eigenvalue weighted by atomic mass is 32.2.